The van der Waals surface area contributed by atoms with Gasteiger partial charge in [0.2, 0.25) is 0 Å². The van der Waals surface area contributed by atoms with Gasteiger partial charge in [0.25, 0.3) is 0 Å². The van der Waals surface area contributed by atoms with Crippen LogP contribution in [0.5, 0.6) is 5.75 Å². The summed E-state index contributed by atoms with van der Waals surface area (Å²) in [4.78, 5) is 0. The molecule has 92 valence electrons. The first-order valence-electron chi connectivity index (χ1n) is 5.73. The summed E-state index contributed by atoms with van der Waals surface area (Å²) in [5, 5.41) is 0.706. The normalized spacial score (nSPS) is 11.5. The highest BCUT2D eigenvalue weighted by atomic mass is 35.5. The van der Waals surface area contributed by atoms with Crippen LogP contribution in [0.2, 0.25) is 5.02 Å². The number of nitrogens with two attached hydrogens (primary N) is 1. The molecule has 0 aliphatic rings. The van der Waals surface area contributed by atoms with Crippen molar-refractivity contribution in [1.82, 2.24) is 0 Å². The molecule has 2 N–H and O–H groups in total. The van der Waals surface area contributed by atoms with Crippen LogP contribution in [0.1, 0.15) is 25.8 Å². The van der Waals surface area contributed by atoms with Crippen molar-refractivity contribution in [3.63, 3.8) is 0 Å². The molecular weight excluding hydrogens is 234 g/mol. The first kappa shape index (κ1) is 13.9. The van der Waals surface area contributed by atoms with Gasteiger partial charge in [-0.05, 0) is 43.5 Å². The Morgan fingerprint density at radius 1 is 1.47 bits per heavy atom. The number of benzene rings is 1. The van der Waals surface area contributed by atoms with E-state index in [0.29, 0.717) is 11.6 Å². The third-order valence-corrected chi connectivity index (χ3v) is 2.74. The van der Waals surface area contributed by atoms with Crippen LogP contribution in [0, 0.1) is 11.8 Å². The Bertz CT molecular complexity index is 420. The molecule has 0 amide bonds. The minimum Gasteiger partial charge on any atom is -0.481 e. The third-order valence-electron chi connectivity index (χ3n) is 2.51. The van der Waals surface area contributed by atoms with E-state index in [1.165, 1.54) is 0 Å². The van der Waals surface area contributed by atoms with Crippen LogP contribution in [0.3, 0.4) is 0 Å². The van der Waals surface area contributed by atoms with Crippen molar-refractivity contribution in [2.24, 2.45) is 5.73 Å². The van der Waals surface area contributed by atoms with Crippen molar-refractivity contribution >= 4 is 11.6 Å². The van der Waals surface area contributed by atoms with Gasteiger partial charge in [0.15, 0.2) is 0 Å². The summed E-state index contributed by atoms with van der Waals surface area (Å²) in [5.41, 5.74) is 7.00. The lowest BCUT2D eigenvalue weighted by molar-refractivity contribution is 0.364. The van der Waals surface area contributed by atoms with Gasteiger partial charge < -0.3 is 10.5 Å². The van der Waals surface area contributed by atoms with Gasteiger partial charge in [-0.1, -0.05) is 24.4 Å². The quantitative estimate of drug-likeness (QED) is 0.817. The molecule has 0 heterocycles. The first-order chi connectivity index (χ1) is 8.17. The molecule has 0 fully saturated rings. The fourth-order valence-electron chi connectivity index (χ4n) is 1.46. The topological polar surface area (TPSA) is 35.2 Å². The summed E-state index contributed by atoms with van der Waals surface area (Å²) in [6, 6.07) is 5.73. The highest BCUT2D eigenvalue weighted by Gasteiger charge is 2.08. The van der Waals surface area contributed by atoms with Gasteiger partial charge in [-0.25, -0.2) is 0 Å². The second-order valence-electron chi connectivity index (χ2n) is 3.84. The van der Waals surface area contributed by atoms with Gasteiger partial charge >= 0.3 is 0 Å². The van der Waals surface area contributed by atoms with Gasteiger partial charge in [0.05, 0.1) is 0 Å². The van der Waals surface area contributed by atoms with Crippen molar-refractivity contribution in [2.75, 3.05) is 6.61 Å². The van der Waals surface area contributed by atoms with Crippen LogP contribution in [0.15, 0.2) is 18.2 Å². The highest BCUT2D eigenvalue weighted by Crippen LogP contribution is 2.24. The monoisotopic (exact) mass is 251 g/mol. The molecule has 0 radical (unpaired) electrons. The van der Waals surface area contributed by atoms with Crippen LogP contribution in [0.4, 0.5) is 0 Å². The molecule has 17 heavy (non-hydrogen) atoms. The van der Waals surface area contributed by atoms with Crippen LogP contribution >= 0.6 is 11.6 Å². The fraction of sp³-hybridized carbons (Fsp3) is 0.429. The van der Waals surface area contributed by atoms with Crippen molar-refractivity contribution in [3.05, 3.63) is 28.8 Å². The smallest absolute Gasteiger partial charge is 0.149 e. The summed E-state index contributed by atoms with van der Waals surface area (Å²) >= 11 is 5.98. The summed E-state index contributed by atoms with van der Waals surface area (Å²) in [7, 11) is 0. The summed E-state index contributed by atoms with van der Waals surface area (Å²) in [6.07, 6.45) is 1.70. The second-order valence-corrected chi connectivity index (χ2v) is 4.28. The number of rotatable bonds is 5. The lowest BCUT2D eigenvalue weighted by atomic mass is 10.0. The van der Waals surface area contributed by atoms with Gasteiger partial charge in [-0.2, -0.15) is 0 Å². The molecule has 0 bridgehead atoms. The minimum atomic E-state index is 0.132. The zero-order chi connectivity index (χ0) is 12.7. The molecule has 1 atom stereocenters. The molecule has 0 saturated carbocycles. The SMILES string of the molecule is CC#CCOc1ccc(Cl)cc1CC(N)CC. The number of hydrogen-bond donors (Lipinski definition) is 1. The highest BCUT2D eigenvalue weighted by molar-refractivity contribution is 6.30. The van der Waals surface area contributed by atoms with Crippen molar-refractivity contribution in [2.45, 2.75) is 32.7 Å². The Balaban J connectivity index is 2.82. The average molecular weight is 252 g/mol. The Morgan fingerprint density at radius 3 is 2.88 bits per heavy atom. The van der Waals surface area contributed by atoms with Crippen molar-refractivity contribution in [3.8, 4) is 17.6 Å². The Morgan fingerprint density at radius 2 is 2.24 bits per heavy atom. The lowest BCUT2D eigenvalue weighted by Gasteiger charge is -2.13. The van der Waals surface area contributed by atoms with Crippen LogP contribution in [-0.4, -0.2) is 12.6 Å². The Hall–Kier alpha value is -1.17. The van der Waals surface area contributed by atoms with Crippen molar-refractivity contribution < 1.29 is 4.74 Å². The number of ether oxygens (including phenoxy) is 1. The zero-order valence-corrected chi connectivity index (χ0v) is 11.1. The average Bonchev–Trinajstić information content (AvgIpc) is 2.32. The van der Waals surface area contributed by atoms with E-state index in [-0.39, 0.29) is 6.04 Å². The van der Waals surface area contributed by atoms with E-state index >= 15 is 0 Å². The van der Waals surface area contributed by atoms with Crippen molar-refractivity contribution in [1.29, 1.82) is 0 Å². The zero-order valence-electron chi connectivity index (χ0n) is 10.3. The van der Waals surface area contributed by atoms with Gasteiger partial charge in [-0.3, -0.25) is 0 Å². The number of hydrogen-bond acceptors (Lipinski definition) is 2. The second kappa shape index (κ2) is 7.21. The van der Waals surface area contributed by atoms with E-state index in [1.807, 2.05) is 18.2 Å². The van der Waals surface area contributed by atoms with Crippen LogP contribution < -0.4 is 10.5 Å². The molecule has 1 aromatic rings. The van der Waals surface area contributed by atoms with E-state index in [0.717, 1.165) is 24.2 Å². The molecule has 3 heteroatoms. The number of halogens is 1. The van der Waals surface area contributed by atoms with Crippen LogP contribution in [0.25, 0.3) is 0 Å². The molecule has 0 aromatic heterocycles. The Kier molecular flexibility index (Phi) is 5.90. The van der Waals surface area contributed by atoms with Crippen LogP contribution in [-0.2, 0) is 6.42 Å². The molecule has 0 spiro atoms. The third kappa shape index (κ3) is 4.68. The van der Waals surface area contributed by atoms with Gasteiger partial charge in [0.1, 0.15) is 12.4 Å². The fourth-order valence-corrected chi connectivity index (χ4v) is 1.66. The molecule has 2 nitrogen and oxygen atoms in total. The molecule has 0 aliphatic heterocycles. The maximum atomic E-state index is 5.98. The maximum absolute atomic E-state index is 5.98. The van der Waals surface area contributed by atoms with Gasteiger partial charge in [0, 0.05) is 11.1 Å². The van der Waals surface area contributed by atoms with E-state index in [1.54, 1.807) is 6.92 Å². The molecule has 1 unspecified atom stereocenters. The largest absolute Gasteiger partial charge is 0.481 e. The predicted molar refractivity (Wildman–Crippen MR) is 72.4 cm³/mol. The Labute approximate surface area is 108 Å². The minimum absolute atomic E-state index is 0.132. The molecule has 0 saturated heterocycles. The van der Waals surface area contributed by atoms with Gasteiger partial charge in [-0.15, -0.1) is 5.92 Å². The molecule has 0 aliphatic carbocycles. The first-order valence-corrected chi connectivity index (χ1v) is 6.11. The van der Waals surface area contributed by atoms with E-state index in [4.69, 9.17) is 22.1 Å². The standard InChI is InChI=1S/C14H18ClNO/c1-3-5-8-17-14-7-6-12(15)9-11(14)10-13(16)4-2/h6-7,9,13H,4,8,10,16H2,1-2H3. The summed E-state index contributed by atoms with van der Waals surface area (Å²) in [6.45, 7) is 4.25. The van der Waals surface area contributed by atoms with E-state index in [9.17, 15) is 0 Å². The maximum Gasteiger partial charge on any atom is 0.149 e. The molecular formula is C14H18ClNO. The molecule has 1 aromatic carbocycles. The van der Waals surface area contributed by atoms with E-state index < -0.39 is 0 Å². The predicted octanol–water partition coefficient (Wildman–Crippen LogP) is 3.02. The summed E-state index contributed by atoms with van der Waals surface area (Å²) in [5.74, 6) is 6.48. The summed E-state index contributed by atoms with van der Waals surface area (Å²) < 4.78 is 5.59. The van der Waals surface area contributed by atoms with E-state index in [2.05, 4.69) is 18.8 Å². The molecule has 1 rings (SSSR count). The lowest BCUT2D eigenvalue weighted by Crippen LogP contribution is -2.21.